The highest BCUT2D eigenvalue weighted by Gasteiger charge is 2.75. The van der Waals surface area contributed by atoms with E-state index < -0.39 is 23.1 Å². The molecule has 230 valence electrons. The smallest absolute Gasteiger partial charge is 0.308 e. The summed E-state index contributed by atoms with van der Waals surface area (Å²) < 4.78 is 19.1. The zero-order chi connectivity index (χ0) is 30.8. The molecule has 0 unspecified atom stereocenters. The summed E-state index contributed by atoms with van der Waals surface area (Å²) in [4.78, 5) is 43.4. The summed E-state index contributed by atoms with van der Waals surface area (Å²) >= 11 is 12.4. The number of nitrogens with zero attached hydrogens (tertiary/aromatic N) is 2. The van der Waals surface area contributed by atoms with Crippen molar-refractivity contribution in [3.8, 4) is 11.5 Å². The van der Waals surface area contributed by atoms with Gasteiger partial charge in [-0.2, -0.15) is 0 Å². The van der Waals surface area contributed by atoms with Crippen LogP contribution in [0.5, 0.6) is 11.5 Å². The number of carbonyl (C=O) groups is 3. The highest BCUT2D eigenvalue weighted by atomic mass is 35.5. The van der Waals surface area contributed by atoms with Gasteiger partial charge in [0.1, 0.15) is 11.7 Å². The van der Waals surface area contributed by atoms with E-state index in [1.54, 1.807) is 18.2 Å². The topological polar surface area (TPSA) is 85.4 Å². The second-order valence-electron chi connectivity index (χ2n) is 12.9. The fourth-order valence-corrected chi connectivity index (χ4v) is 8.77. The fraction of sp³-hybridized carbons (Fsp3) is 0.545. The number of likely N-dealkylation sites (tertiary alicyclic amines) is 1. The van der Waals surface area contributed by atoms with Crippen molar-refractivity contribution < 1.29 is 28.6 Å². The molecule has 2 aliphatic carbocycles. The number of hydrogen-bond donors (Lipinski definition) is 0. The largest absolute Gasteiger partial charge is 0.483 e. The van der Waals surface area contributed by atoms with Crippen molar-refractivity contribution in [2.24, 2.45) is 5.92 Å². The molecule has 2 aliphatic heterocycles. The lowest BCUT2D eigenvalue weighted by Gasteiger charge is -2.65. The molecule has 0 radical (unpaired) electrons. The normalized spacial score (nSPS) is 28.6. The minimum Gasteiger partial charge on any atom is -0.483 e. The van der Waals surface area contributed by atoms with Gasteiger partial charge in [-0.25, -0.2) is 0 Å². The second kappa shape index (κ2) is 11.0. The number of likely N-dealkylation sites (N-methyl/N-ethyl adjacent to an activating group) is 1. The highest BCUT2D eigenvalue weighted by molar-refractivity contribution is 6.42. The molecule has 1 amide bonds. The van der Waals surface area contributed by atoms with Crippen molar-refractivity contribution in [2.45, 2.75) is 89.0 Å². The van der Waals surface area contributed by atoms with Crippen molar-refractivity contribution in [2.75, 3.05) is 20.1 Å². The number of piperidine rings is 1. The van der Waals surface area contributed by atoms with Crippen LogP contribution in [0.1, 0.15) is 63.6 Å². The van der Waals surface area contributed by atoms with Crippen molar-refractivity contribution >= 4 is 41.0 Å². The van der Waals surface area contributed by atoms with Crippen LogP contribution >= 0.6 is 23.2 Å². The van der Waals surface area contributed by atoms with Crippen LogP contribution in [0, 0.1) is 5.92 Å². The van der Waals surface area contributed by atoms with Crippen molar-refractivity contribution in [3.05, 3.63) is 57.1 Å². The number of benzene rings is 2. The van der Waals surface area contributed by atoms with Gasteiger partial charge in [0.15, 0.2) is 11.5 Å². The number of rotatable bonds is 7. The van der Waals surface area contributed by atoms with Gasteiger partial charge in [-0.15, -0.1) is 0 Å². The van der Waals surface area contributed by atoms with Crippen molar-refractivity contribution in [3.63, 3.8) is 0 Å². The third-order valence-electron chi connectivity index (χ3n) is 9.84. The van der Waals surface area contributed by atoms with Gasteiger partial charge in [0.25, 0.3) is 0 Å². The van der Waals surface area contributed by atoms with Gasteiger partial charge in [-0.1, -0.05) is 49.2 Å². The van der Waals surface area contributed by atoms with E-state index in [1.165, 1.54) is 13.8 Å². The van der Waals surface area contributed by atoms with E-state index in [9.17, 15) is 14.4 Å². The fourth-order valence-electron chi connectivity index (χ4n) is 8.45. The molecule has 1 saturated heterocycles. The molecule has 6 rings (SSSR count). The van der Waals surface area contributed by atoms with E-state index in [0.717, 1.165) is 23.2 Å². The lowest BCUT2D eigenvalue weighted by molar-refractivity contribution is -0.222. The summed E-state index contributed by atoms with van der Waals surface area (Å²) in [5.74, 6) is 0.285. The Morgan fingerprint density at radius 2 is 1.86 bits per heavy atom. The first-order valence-electron chi connectivity index (χ1n) is 15.0. The Morgan fingerprint density at radius 3 is 2.53 bits per heavy atom. The highest BCUT2D eigenvalue weighted by Crippen LogP contribution is 2.67. The molecule has 10 heteroatoms. The van der Waals surface area contributed by atoms with Crippen LogP contribution in [0.4, 0.5) is 0 Å². The summed E-state index contributed by atoms with van der Waals surface area (Å²) in [5, 5.41) is 0.848. The molecular weight excluding hydrogens is 591 g/mol. The van der Waals surface area contributed by atoms with Crippen LogP contribution in [0.3, 0.4) is 0 Å². The van der Waals surface area contributed by atoms with Gasteiger partial charge in [0, 0.05) is 26.0 Å². The summed E-state index contributed by atoms with van der Waals surface area (Å²) in [7, 11) is 2.09. The van der Waals surface area contributed by atoms with E-state index in [4.69, 9.17) is 37.4 Å². The minimum atomic E-state index is -0.851. The van der Waals surface area contributed by atoms with Crippen LogP contribution in [0.15, 0.2) is 30.3 Å². The zero-order valence-electron chi connectivity index (χ0n) is 25.2. The standard InChI is InChI=1S/C33H38Cl2N2O6/c1-18(2)17-37(28(40)15-21-6-8-23(34)24(35)14-21)25-10-11-33(43-20(4)39)27-16-22-7-9-26(41-19(3)38)30-29(22)32(33,31(25)42-30)12-13-36(27)5/h6-9,14,18,25,27,31H,10-13,15-17H2,1-5H3/t25-,27+,31-,32-,33+/m0/s1. The van der Waals surface area contributed by atoms with Crippen molar-refractivity contribution in [1.29, 1.82) is 0 Å². The molecule has 0 N–H and O–H groups in total. The van der Waals surface area contributed by atoms with E-state index in [2.05, 4.69) is 25.8 Å². The number of ether oxygens (including phenoxy) is 3. The maximum Gasteiger partial charge on any atom is 0.308 e. The molecular formula is C33H38Cl2N2O6. The molecule has 1 spiro atoms. The number of hydrogen-bond acceptors (Lipinski definition) is 7. The minimum absolute atomic E-state index is 0.0336. The molecule has 43 heavy (non-hydrogen) atoms. The molecule has 2 aromatic carbocycles. The lowest BCUT2D eigenvalue weighted by atomic mass is 9.48. The van der Waals surface area contributed by atoms with E-state index in [1.807, 2.05) is 17.0 Å². The summed E-state index contributed by atoms with van der Waals surface area (Å²) in [6.07, 6.45) is 2.19. The van der Waals surface area contributed by atoms with E-state index >= 15 is 0 Å². The lowest BCUT2D eigenvalue weighted by Crippen LogP contribution is -2.79. The van der Waals surface area contributed by atoms with Gasteiger partial charge in [-0.3, -0.25) is 19.3 Å². The van der Waals surface area contributed by atoms with E-state index in [-0.39, 0.29) is 36.3 Å². The van der Waals surface area contributed by atoms with Gasteiger partial charge in [0.2, 0.25) is 5.91 Å². The third kappa shape index (κ3) is 4.72. The first-order chi connectivity index (χ1) is 20.4. The molecule has 2 fully saturated rings. The quantitative estimate of drug-likeness (QED) is 0.301. The first-order valence-corrected chi connectivity index (χ1v) is 15.8. The molecule has 1 saturated carbocycles. The number of carbonyl (C=O) groups excluding carboxylic acids is 3. The molecule has 2 aromatic rings. The molecule has 0 aromatic heterocycles. The molecule has 2 heterocycles. The van der Waals surface area contributed by atoms with Gasteiger partial charge in [0.05, 0.1) is 34.0 Å². The van der Waals surface area contributed by atoms with Crippen LogP contribution in [0.25, 0.3) is 0 Å². The van der Waals surface area contributed by atoms with Crippen LogP contribution in [-0.4, -0.2) is 71.6 Å². The Morgan fingerprint density at radius 1 is 1.09 bits per heavy atom. The van der Waals surface area contributed by atoms with Gasteiger partial charge >= 0.3 is 11.9 Å². The zero-order valence-corrected chi connectivity index (χ0v) is 26.8. The predicted molar refractivity (Wildman–Crippen MR) is 163 cm³/mol. The van der Waals surface area contributed by atoms with Crippen LogP contribution in [0.2, 0.25) is 10.0 Å². The molecule has 8 nitrogen and oxygen atoms in total. The Balaban J connectivity index is 1.49. The summed E-state index contributed by atoms with van der Waals surface area (Å²) in [5.41, 5.74) is 1.29. The predicted octanol–water partition coefficient (Wildman–Crippen LogP) is 5.37. The monoisotopic (exact) mass is 628 g/mol. The van der Waals surface area contributed by atoms with E-state index in [0.29, 0.717) is 53.8 Å². The van der Waals surface area contributed by atoms with Gasteiger partial charge < -0.3 is 19.1 Å². The molecule has 4 aliphatic rings. The Kier molecular flexibility index (Phi) is 7.71. The molecule has 5 atom stereocenters. The average Bonchev–Trinajstić information content (AvgIpc) is 3.28. The Labute approximate surface area is 262 Å². The number of esters is 2. The van der Waals surface area contributed by atoms with Crippen molar-refractivity contribution in [1.82, 2.24) is 9.80 Å². The summed E-state index contributed by atoms with van der Waals surface area (Å²) in [6.45, 7) is 8.34. The number of halogens is 2. The number of amides is 1. The second-order valence-corrected chi connectivity index (χ2v) is 13.7. The maximum atomic E-state index is 14.2. The molecule has 2 bridgehead atoms. The maximum absolute atomic E-state index is 14.2. The first kappa shape index (κ1) is 30.2. The Hall–Kier alpha value is -2.81. The van der Waals surface area contributed by atoms with Gasteiger partial charge in [-0.05, 0) is 74.5 Å². The Bertz CT molecular complexity index is 1500. The SMILES string of the molecule is CC(=O)Oc1ccc2c3c1O[C@H]1[C@@H](N(CC(C)C)C(=O)Cc4ccc(Cl)c(Cl)c4)CC[C@@]4(OC(C)=O)[C@@H](C2)N(C)CC[C@]314. The summed E-state index contributed by atoms with van der Waals surface area (Å²) in [6, 6.07) is 8.74. The van der Waals surface area contributed by atoms with Crippen LogP contribution < -0.4 is 9.47 Å². The van der Waals surface area contributed by atoms with Crippen LogP contribution in [-0.2, 0) is 37.4 Å². The average molecular weight is 630 g/mol. The third-order valence-corrected chi connectivity index (χ3v) is 10.6.